The van der Waals surface area contributed by atoms with E-state index in [1.165, 1.54) is 16.5 Å². The van der Waals surface area contributed by atoms with Crippen LogP contribution in [0.5, 0.6) is 0 Å². The van der Waals surface area contributed by atoms with Crippen molar-refractivity contribution in [2.24, 2.45) is 4.99 Å². The maximum Gasteiger partial charge on any atom is 0.202 e. The van der Waals surface area contributed by atoms with E-state index in [-0.39, 0.29) is 0 Å². The summed E-state index contributed by atoms with van der Waals surface area (Å²) in [5, 5.41) is 14.8. The average molecular weight is 428 g/mol. The first-order chi connectivity index (χ1) is 15.7. The van der Waals surface area contributed by atoms with Crippen LogP contribution in [0.1, 0.15) is 24.6 Å². The van der Waals surface area contributed by atoms with Crippen LogP contribution in [0.4, 0.5) is 5.69 Å². The molecule has 0 fully saturated rings. The molecular formula is C25H29N7. The number of hydrogen-bond donors (Lipinski definition) is 5. The number of hydrogen-bond acceptors (Lipinski definition) is 6. The van der Waals surface area contributed by atoms with Crippen molar-refractivity contribution in [3.8, 4) is 0 Å². The zero-order valence-electron chi connectivity index (χ0n) is 18.3. The monoisotopic (exact) mass is 427 g/mol. The second-order valence-electron chi connectivity index (χ2n) is 8.35. The van der Waals surface area contributed by atoms with Gasteiger partial charge in [0.15, 0.2) is 0 Å². The molecule has 0 spiro atoms. The van der Waals surface area contributed by atoms with E-state index in [4.69, 9.17) is 4.99 Å². The summed E-state index contributed by atoms with van der Waals surface area (Å²) < 4.78 is 0. The van der Waals surface area contributed by atoms with Crippen LogP contribution in [0.2, 0.25) is 0 Å². The van der Waals surface area contributed by atoms with Gasteiger partial charge in [0.25, 0.3) is 0 Å². The fraction of sp³-hybridized carbons (Fsp3) is 0.280. The van der Waals surface area contributed by atoms with Gasteiger partial charge in [-0.2, -0.15) is 0 Å². The van der Waals surface area contributed by atoms with Crippen LogP contribution >= 0.6 is 0 Å². The molecule has 2 aromatic heterocycles. The highest BCUT2D eigenvalue weighted by Gasteiger charge is 2.23. The molecule has 0 saturated carbocycles. The first-order valence-corrected chi connectivity index (χ1v) is 11.2. The van der Waals surface area contributed by atoms with Crippen LogP contribution in [-0.2, 0) is 6.42 Å². The average Bonchev–Trinajstić information content (AvgIpc) is 3.24. The predicted octanol–water partition coefficient (Wildman–Crippen LogP) is 3.37. The molecule has 3 aromatic rings. The number of pyridine rings is 1. The molecule has 1 aromatic carbocycles. The largest absolute Gasteiger partial charge is 0.361 e. The molecule has 5 rings (SSSR count). The van der Waals surface area contributed by atoms with Crippen LogP contribution in [0.3, 0.4) is 0 Å². The highest BCUT2D eigenvalue weighted by molar-refractivity contribution is 5.99. The van der Waals surface area contributed by atoms with E-state index >= 15 is 0 Å². The number of H-pyrrole nitrogens is 1. The van der Waals surface area contributed by atoms with Gasteiger partial charge in [0.2, 0.25) is 5.96 Å². The van der Waals surface area contributed by atoms with Crippen LogP contribution in [0, 0.1) is 0 Å². The molecule has 1 unspecified atom stereocenters. The lowest BCUT2D eigenvalue weighted by Crippen LogP contribution is -2.46. The summed E-state index contributed by atoms with van der Waals surface area (Å²) >= 11 is 0. The zero-order chi connectivity index (χ0) is 21.8. The SMILES string of the molecule is CC1(NCCc2ccccn2)C=CNC(Nc2ccc3[nH]cc(C4=CCNCC4)c3c2)=N1. The summed E-state index contributed by atoms with van der Waals surface area (Å²) in [6, 6.07) is 12.4. The van der Waals surface area contributed by atoms with E-state index in [1.54, 1.807) is 0 Å². The summed E-state index contributed by atoms with van der Waals surface area (Å²) in [6.07, 6.45) is 12.1. The molecular weight excluding hydrogens is 398 g/mol. The van der Waals surface area contributed by atoms with Crippen molar-refractivity contribution in [2.45, 2.75) is 25.4 Å². The Morgan fingerprint density at radius 2 is 2.16 bits per heavy atom. The lowest BCUT2D eigenvalue weighted by Gasteiger charge is -2.28. The highest BCUT2D eigenvalue weighted by Crippen LogP contribution is 2.30. The minimum Gasteiger partial charge on any atom is -0.361 e. The van der Waals surface area contributed by atoms with E-state index in [9.17, 15) is 0 Å². The second-order valence-corrected chi connectivity index (χ2v) is 8.35. The lowest BCUT2D eigenvalue weighted by atomic mass is 9.99. The van der Waals surface area contributed by atoms with Crippen LogP contribution in [0.25, 0.3) is 16.5 Å². The van der Waals surface area contributed by atoms with Gasteiger partial charge in [0.05, 0.1) is 0 Å². The van der Waals surface area contributed by atoms with Crippen LogP contribution in [0.15, 0.2) is 72.1 Å². The van der Waals surface area contributed by atoms with Gasteiger partial charge in [-0.1, -0.05) is 12.1 Å². The zero-order valence-corrected chi connectivity index (χ0v) is 18.3. The summed E-state index contributed by atoms with van der Waals surface area (Å²) in [6.45, 7) is 4.81. The molecule has 0 radical (unpaired) electrons. The fourth-order valence-corrected chi connectivity index (χ4v) is 4.20. The van der Waals surface area contributed by atoms with Crippen molar-refractivity contribution in [2.75, 3.05) is 25.0 Å². The smallest absolute Gasteiger partial charge is 0.202 e. The lowest BCUT2D eigenvalue weighted by molar-refractivity contribution is 0.451. The van der Waals surface area contributed by atoms with Gasteiger partial charge in [-0.05, 0) is 61.9 Å². The van der Waals surface area contributed by atoms with Crippen molar-refractivity contribution < 1.29 is 0 Å². The number of fused-ring (bicyclic) bond motifs is 1. The number of benzene rings is 1. The third kappa shape index (κ3) is 4.59. The number of rotatable bonds is 6. The van der Waals surface area contributed by atoms with Gasteiger partial charge in [-0.25, -0.2) is 4.99 Å². The topological polar surface area (TPSA) is 89.2 Å². The minimum absolute atomic E-state index is 0.481. The first kappa shape index (κ1) is 20.5. The van der Waals surface area contributed by atoms with Gasteiger partial charge in [-0.3, -0.25) is 10.3 Å². The molecule has 0 aliphatic carbocycles. The number of anilines is 1. The molecule has 0 amide bonds. The van der Waals surface area contributed by atoms with Gasteiger partial charge in [0.1, 0.15) is 5.66 Å². The Morgan fingerprint density at radius 3 is 3.00 bits per heavy atom. The predicted molar refractivity (Wildman–Crippen MR) is 131 cm³/mol. The molecule has 2 aliphatic rings. The van der Waals surface area contributed by atoms with Gasteiger partial charge in [-0.15, -0.1) is 0 Å². The third-order valence-corrected chi connectivity index (χ3v) is 5.92. The van der Waals surface area contributed by atoms with Crippen LogP contribution < -0.4 is 21.3 Å². The summed E-state index contributed by atoms with van der Waals surface area (Å²) in [7, 11) is 0. The minimum atomic E-state index is -0.481. The van der Waals surface area contributed by atoms with Crippen molar-refractivity contribution >= 4 is 28.1 Å². The fourth-order valence-electron chi connectivity index (χ4n) is 4.20. The highest BCUT2D eigenvalue weighted by atomic mass is 15.3. The molecule has 0 saturated heterocycles. The van der Waals surface area contributed by atoms with Crippen molar-refractivity contribution in [1.82, 2.24) is 25.9 Å². The number of nitrogens with one attached hydrogen (secondary N) is 5. The van der Waals surface area contributed by atoms with Gasteiger partial charge >= 0.3 is 0 Å². The Morgan fingerprint density at radius 1 is 1.19 bits per heavy atom. The first-order valence-electron chi connectivity index (χ1n) is 11.2. The van der Waals surface area contributed by atoms with E-state index < -0.39 is 5.66 Å². The Bertz CT molecular complexity index is 1180. The Kier molecular flexibility index (Phi) is 5.75. The van der Waals surface area contributed by atoms with E-state index in [0.717, 1.165) is 55.3 Å². The maximum absolute atomic E-state index is 4.87. The Hall–Kier alpha value is -3.42. The van der Waals surface area contributed by atoms with Crippen molar-refractivity contribution in [3.63, 3.8) is 0 Å². The molecule has 164 valence electrons. The number of aromatic nitrogens is 2. The summed E-state index contributed by atoms with van der Waals surface area (Å²) in [4.78, 5) is 12.7. The number of aliphatic imine (C=N–C) groups is 1. The maximum atomic E-state index is 4.87. The molecule has 7 nitrogen and oxygen atoms in total. The van der Waals surface area contributed by atoms with E-state index in [0.29, 0.717) is 0 Å². The summed E-state index contributed by atoms with van der Waals surface area (Å²) in [5.41, 5.74) is 5.42. The standard InChI is InChI=1S/C25H29N7/c1-25(30-14-9-19-4-2-3-11-27-19)10-15-28-24(32-25)31-20-5-6-23-21(16-20)22(17-29-23)18-7-12-26-13-8-18/h2-7,10-11,15-17,26,29-30H,8-9,12-14H2,1H3,(H2,28,31,32). The molecule has 1 atom stereocenters. The van der Waals surface area contributed by atoms with Crippen molar-refractivity contribution in [3.05, 3.63) is 78.4 Å². The molecule has 32 heavy (non-hydrogen) atoms. The molecule has 0 bridgehead atoms. The molecule has 7 heteroatoms. The van der Waals surface area contributed by atoms with E-state index in [2.05, 4.69) is 68.6 Å². The molecule has 5 N–H and O–H groups in total. The van der Waals surface area contributed by atoms with E-state index in [1.807, 2.05) is 36.7 Å². The van der Waals surface area contributed by atoms with Gasteiger partial charge < -0.3 is 20.9 Å². The number of nitrogens with zero attached hydrogens (tertiary/aromatic N) is 2. The van der Waals surface area contributed by atoms with Crippen molar-refractivity contribution in [1.29, 1.82) is 0 Å². The number of guanidine groups is 1. The second kappa shape index (κ2) is 8.98. The Balaban J connectivity index is 1.29. The summed E-state index contributed by atoms with van der Waals surface area (Å²) in [5.74, 6) is 0.720. The normalized spacial score (nSPS) is 20.5. The molecule has 2 aliphatic heterocycles. The quantitative estimate of drug-likeness (QED) is 0.416. The number of aromatic amines is 1. The van der Waals surface area contributed by atoms with Crippen LogP contribution in [-0.4, -0.2) is 41.2 Å². The molecule has 4 heterocycles. The Labute approximate surface area is 188 Å². The third-order valence-electron chi connectivity index (χ3n) is 5.92. The van der Waals surface area contributed by atoms with Gasteiger partial charge in [0, 0.05) is 66.0 Å².